The van der Waals surface area contributed by atoms with Gasteiger partial charge in [0.15, 0.2) is 11.6 Å². The van der Waals surface area contributed by atoms with Crippen LogP contribution in [-0.2, 0) is 6.42 Å². The molecule has 0 unspecified atom stereocenters. The van der Waals surface area contributed by atoms with Crippen molar-refractivity contribution >= 4 is 5.83 Å². The van der Waals surface area contributed by atoms with Gasteiger partial charge in [-0.05, 0) is 30.5 Å². The molecule has 1 aromatic carbocycles. The van der Waals surface area contributed by atoms with Gasteiger partial charge in [-0.3, -0.25) is 0 Å². The van der Waals surface area contributed by atoms with Crippen LogP contribution >= 0.6 is 0 Å². The Morgan fingerprint density at radius 2 is 1.85 bits per heavy atom. The van der Waals surface area contributed by atoms with Crippen LogP contribution in [0.1, 0.15) is 17.5 Å². The Morgan fingerprint density at radius 3 is 2.62 bits per heavy atom. The summed E-state index contributed by atoms with van der Waals surface area (Å²) in [4.78, 5) is 0. The van der Waals surface area contributed by atoms with E-state index in [-0.39, 0.29) is 5.56 Å². The molecule has 0 nitrogen and oxygen atoms in total. The highest BCUT2D eigenvalue weighted by Crippen LogP contribution is 2.30. The zero-order chi connectivity index (χ0) is 9.42. The highest BCUT2D eigenvalue weighted by Gasteiger charge is 2.19. The van der Waals surface area contributed by atoms with Crippen molar-refractivity contribution in [1.29, 1.82) is 0 Å². The lowest BCUT2D eigenvalue weighted by Gasteiger charge is -2.12. The fraction of sp³-hybridized carbons (Fsp3) is 0.200. The molecule has 0 spiro atoms. The van der Waals surface area contributed by atoms with Crippen LogP contribution in [0.2, 0.25) is 0 Å². The van der Waals surface area contributed by atoms with E-state index < -0.39 is 17.5 Å². The molecule has 0 bridgehead atoms. The highest BCUT2D eigenvalue weighted by atomic mass is 19.2. The molecule has 1 aliphatic carbocycles. The second kappa shape index (κ2) is 2.91. The lowest BCUT2D eigenvalue weighted by atomic mass is 9.96. The van der Waals surface area contributed by atoms with Crippen LogP contribution in [0.25, 0.3) is 5.83 Å². The molecule has 1 aliphatic rings. The molecule has 0 aliphatic heterocycles. The Bertz CT molecular complexity index is 380. The zero-order valence-corrected chi connectivity index (χ0v) is 6.78. The number of benzene rings is 1. The molecule has 13 heavy (non-hydrogen) atoms. The number of rotatable bonds is 0. The van der Waals surface area contributed by atoms with Gasteiger partial charge < -0.3 is 0 Å². The predicted octanol–water partition coefficient (Wildman–Crippen LogP) is 3.22. The van der Waals surface area contributed by atoms with E-state index in [2.05, 4.69) is 0 Å². The van der Waals surface area contributed by atoms with Gasteiger partial charge in [0.05, 0.1) is 5.56 Å². The molecule has 2 rings (SSSR count). The van der Waals surface area contributed by atoms with Crippen LogP contribution in [0.15, 0.2) is 18.2 Å². The van der Waals surface area contributed by atoms with E-state index in [0.717, 1.165) is 6.07 Å². The maximum Gasteiger partial charge on any atom is 0.169 e. The van der Waals surface area contributed by atoms with E-state index in [1.165, 1.54) is 12.1 Å². The first-order valence-electron chi connectivity index (χ1n) is 4.03. The van der Waals surface area contributed by atoms with E-state index >= 15 is 0 Å². The quantitative estimate of drug-likeness (QED) is 0.580. The van der Waals surface area contributed by atoms with Crippen molar-refractivity contribution in [2.24, 2.45) is 0 Å². The van der Waals surface area contributed by atoms with Gasteiger partial charge in [0.2, 0.25) is 0 Å². The Balaban J connectivity index is 2.68. The van der Waals surface area contributed by atoms with Crippen molar-refractivity contribution in [2.75, 3.05) is 0 Å². The molecule has 0 atom stereocenters. The summed E-state index contributed by atoms with van der Waals surface area (Å²) in [7, 11) is 0. The van der Waals surface area contributed by atoms with Gasteiger partial charge in [-0.15, -0.1) is 0 Å². The van der Waals surface area contributed by atoms with Gasteiger partial charge in [-0.2, -0.15) is 0 Å². The Labute approximate surface area is 73.7 Å². The summed E-state index contributed by atoms with van der Waals surface area (Å²) < 4.78 is 38.9. The minimum Gasteiger partial charge on any atom is -0.207 e. The fourth-order valence-corrected chi connectivity index (χ4v) is 1.51. The number of allylic oxidation sites excluding steroid dienone is 1. The summed E-state index contributed by atoms with van der Waals surface area (Å²) in [5.74, 6) is -2.73. The lowest BCUT2D eigenvalue weighted by Crippen LogP contribution is -2.02. The summed E-state index contributed by atoms with van der Waals surface area (Å²) in [6, 6.07) is 2.47. The second-order valence-electron chi connectivity index (χ2n) is 2.99. The average Bonchev–Trinajstić information content (AvgIpc) is 2.12. The largest absolute Gasteiger partial charge is 0.207 e. The first kappa shape index (κ1) is 8.35. The third kappa shape index (κ3) is 1.24. The molecule has 68 valence electrons. The van der Waals surface area contributed by atoms with Gasteiger partial charge in [-0.1, -0.05) is 6.07 Å². The summed E-state index contributed by atoms with van der Waals surface area (Å²) >= 11 is 0. The first-order valence-corrected chi connectivity index (χ1v) is 4.03. The molecule has 0 N–H and O–H groups in total. The minimum atomic E-state index is -1.08. The van der Waals surface area contributed by atoms with Crippen LogP contribution < -0.4 is 0 Å². The van der Waals surface area contributed by atoms with E-state index in [0.29, 0.717) is 18.4 Å². The molecule has 0 aromatic heterocycles. The summed E-state index contributed by atoms with van der Waals surface area (Å²) in [5.41, 5.74) is 0.338. The van der Waals surface area contributed by atoms with Gasteiger partial charge in [0.1, 0.15) is 5.83 Å². The maximum absolute atomic E-state index is 13.1. The number of halogens is 3. The molecule has 0 radical (unpaired) electrons. The monoisotopic (exact) mass is 184 g/mol. The Kier molecular flexibility index (Phi) is 1.87. The second-order valence-corrected chi connectivity index (χ2v) is 2.99. The molecule has 1 aromatic rings. The van der Waals surface area contributed by atoms with E-state index in [1.54, 1.807) is 0 Å². The number of hydrogen-bond donors (Lipinski definition) is 0. The topological polar surface area (TPSA) is 0 Å². The summed E-state index contributed by atoms with van der Waals surface area (Å²) in [5, 5.41) is 0. The third-order valence-corrected chi connectivity index (χ3v) is 2.16. The molecule has 0 saturated heterocycles. The van der Waals surface area contributed by atoms with E-state index in [9.17, 15) is 13.2 Å². The molecule has 0 fully saturated rings. The zero-order valence-electron chi connectivity index (χ0n) is 6.78. The Hall–Kier alpha value is -1.25. The van der Waals surface area contributed by atoms with Crippen molar-refractivity contribution in [3.05, 3.63) is 41.0 Å². The molecule has 0 amide bonds. The van der Waals surface area contributed by atoms with Crippen molar-refractivity contribution in [2.45, 2.75) is 12.8 Å². The SMILES string of the molecule is FC1=CCCc2ccc(F)c(F)c21. The van der Waals surface area contributed by atoms with Gasteiger partial charge >= 0.3 is 0 Å². The van der Waals surface area contributed by atoms with Crippen LogP contribution in [0.3, 0.4) is 0 Å². The van der Waals surface area contributed by atoms with Gasteiger partial charge in [0, 0.05) is 0 Å². The third-order valence-electron chi connectivity index (χ3n) is 2.16. The molecule has 3 heteroatoms. The van der Waals surface area contributed by atoms with Crippen LogP contribution in [0.5, 0.6) is 0 Å². The molecular weight excluding hydrogens is 177 g/mol. The predicted molar refractivity (Wildman–Crippen MR) is 43.8 cm³/mol. The standard InChI is InChI=1S/C10H7F3/c11-7-3-1-2-6-4-5-8(12)10(13)9(6)7/h3-5H,1-2H2. The lowest BCUT2D eigenvalue weighted by molar-refractivity contribution is 0.500. The van der Waals surface area contributed by atoms with Crippen LogP contribution in [-0.4, -0.2) is 0 Å². The average molecular weight is 184 g/mol. The molecular formula is C10H7F3. The normalized spacial score (nSPS) is 15.2. The van der Waals surface area contributed by atoms with E-state index in [1.807, 2.05) is 0 Å². The highest BCUT2D eigenvalue weighted by molar-refractivity contribution is 5.65. The summed E-state index contributed by atoms with van der Waals surface area (Å²) in [6.07, 6.45) is 2.40. The van der Waals surface area contributed by atoms with Gasteiger partial charge in [-0.25, -0.2) is 13.2 Å². The van der Waals surface area contributed by atoms with Gasteiger partial charge in [0.25, 0.3) is 0 Å². The fourth-order valence-electron chi connectivity index (χ4n) is 1.51. The van der Waals surface area contributed by atoms with Crippen LogP contribution in [0, 0.1) is 11.6 Å². The van der Waals surface area contributed by atoms with Crippen molar-refractivity contribution < 1.29 is 13.2 Å². The Morgan fingerprint density at radius 1 is 1.08 bits per heavy atom. The van der Waals surface area contributed by atoms with E-state index in [4.69, 9.17) is 0 Å². The summed E-state index contributed by atoms with van der Waals surface area (Å²) in [6.45, 7) is 0. The number of hydrogen-bond acceptors (Lipinski definition) is 0. The van der Waals surface area contributed by atoms with Crippen molar-refractivity contribution in [1.82, 2.24) is 0 Å². The molecule has 0 heterocycles. The molecule has 0 saturated carbocycles. The number of fused-ring (bicyclic) bond motifs is 1. The van der Waals surface area contributed by atoms with Crippen molar-refractivity contribution in [3.8, 4) is 0 Å². The number of aryl methyl sites for hydroxylation is 1. The van der Waals surface area contributed by atoms with Crippen LogP contribution in [0.4, 0.5) is 13.2 Å². The maximum atomic E-state index is 13.1. The minimum absolute atomic E-state index is 0.203. The smallest absolute Gasteiger partial charge is 0.169 e. The van der Waals surface area contributed by atoms with Crippen molar-refractivity contribution in [3.63, 3.8) is 0 Å². The first-order chi connectivity index (χ1) is 6.20.